The van der Waals surface area contributed by atoms with Gasteiger partial charge in [0.05, 0.1) is 11.0 Å². The number of benzene rings is 1. The molecule has 30 heavy (non-hydrogen) atoms. The first-order chi connectivity index (χ1) is 14.4. The summed E-state index contributed by atoms with van der Waals surface area (Å²) < 4.78 is 0. The highest BCUT2D eigenvalue weighted by Crippen LogP contribution is 2.67. The molecule has 4 heteroatoms. The summed E-state index contributed by atoms with van der Waals surface area (Å²) in [6, 6.07) is 11.0. The van der Waals surface area contributed by atoms with Gasteiger partial charge in [0.2, 0.25) is 5.91 Å². The molecule has 1 aliphatic heterocycles. The van der Waals surface area contributed by atoms with Crippen LogP contribution in [0.5, 0.6) is 0 Å². The Morgan fingerprint density at radius 1 is 1.10 bits per heavy atom. The molecule has 4 saturated carbocycles. The average molecular weight is 411 g/mol. The first-order valence-corrected chi connectivity index (χ1v) is 12.2. The number of aliphatic hydroxyl groups is 1. The molecule has 4 aliphatic carbocycles. The van der Waals surface area contributed by atoms with Crippen LogP contribution in [0.3, 0.4) is 0 Å². The molecule has 5 aliphatic rings. The zero-order chi connectivity index (χ0) is 20.8. The summed E-state index contributed by atoms with van der Waals surface area (Å²) in [5.74, 6) is 0.794. The number of hydrogen-bond donors (Lipinski definition) is 2. The van der Waals surface area contributed by atoms with Crippen molar-refractivity contribution in [2.24, 2.45) is 16.7 Å². The third-order valence-electron chi connectivity index (χ3n) is 8.87. The van der Waals surface area contributed by atoms with E-state index < -0.39 is 5.60 Å². The van der Waals surface area contributed by atoms with Crippen molar-refractivity contribution >= 4 is 5.91 Å². The van der Waals surface area contributed by atoms with Crippen LogP contribution in [0.2, 0.25) is 0 Å². The molecule has 0 radical (unpaired) electrons. The molecule has 1 aromatic rings. The maximum Gasteiger partial charge on any atom is 0.226 e. The van der Waals surface area contributed by atoms with Crippen LogP contribution in [0.4, 0.5) is 0 Å². The molecule has 1 aromatic carbocycles. The van der Waals surface area contributed by atoms with Gasteiger partial charge < -0.3 is 15.3 Å². The monoisotopic (exact) mass is 410 g/mol. The normalized spacial score (nSPS) is 38.7. The second-order valence-electron chi connectivity index (χ2n) is 11.2. The SMILES string of the molecule is CCC12CC3CC(O)(C1)CC(C(=O)NC1CCN(CCc4ccccc4)CC1)(C3)C2. The Labute approximate surface area is 181 Å². The van der Waals surface area contributed by atoms with Crippen LogP contribution in [0.25, 0.3) is 0 Å². The minimum Gasteiger partial charge on any atom is -0.390 e. The number of nitrogens with one attached hydrogen (secondary N) is 1. The fourth-order valence-corrected chi connectivity index (χ4v) is 7.80. The molecule has 6 rings (SSSR count). The molecular formula is C26H38N2O2. The maximum atomic E-state index is 13.5. The van der Waals surface area contributed by atoms with Crippen molar-refractivity contribution < 1.29 is 9.90 Å². The first kappa shape index (κ1) is 20.5. The van der Waals surface area contributed by atoms with Gasteiger partial charge in [-0.1, -0.05) is 43.7 Å². The molecule has 4 unspecified atom stereocenters. The summed E-state index contributed by atoms with van der Waals surface area (Å²) >= 11 is 0. The standard InChI is InChI=1S/C26H38N2O2/c1-2-24-14-21-15-25(17-24,19-26(30,16-21)18-24)23(29)27-22-9-12-28(13-10-22)11-8-20-6-4-3-5-7-20/h3-7,21-22,30H,2,8-19H2,1H3,(H,27,29). The number of amides is 1. The van der Waals surface area contributed by atoms with Crippen LogP contribution < -0.4 is 5.32 Å². The van der Waals surface area contributed by atoms with Crippen LogP contribution in [0, 0.1) is 16.7 Å². The smallest absolute Gasteiger partial charge is 0.226 e. The lowest BCUT2D eigenvalue weighted by Gasteiger charge is -2.64. The van der Waals surface area contributed by atoms with Crippen LogP contribution in [0.15, 0.2) is 30.3 Å². The van der Waals surface area contributed by atoms with Gasteiger partial charge >= 0.3 is 0 Å². The van der Waals surface area contributed by atoms with E-state index in [-0.39, 0.29) is 16.7 Å². The van der Waals surface area contributed by atoms with Crippen LogP contribution >= 0.6 is 0 Å². The van der Waals surface area contributed by atoms with Crippen molar-refractivity contribution in [3.63, 3.8) is 0 Å². The molecule has 0 aromatic heterocycles. The minimum atomic E-state index is -0.590. The lowest BCUT2D eigenvalue weighted by atomic mass is 9.42. The van der Waals surface area contributed by atoms with Crippen molar-refractivity contribution in [3.05, 3.63) is 35.9 Å². The second-order valence-corrected chi connectivity index (χ2v) is 11.2. The summed E-state index contributed by atoms with van der Waals surface area (Å²) in [6.07, 6.45) is 10.0. The zero-order valence-corrected chi connectivity index (χ0v) is 18.5. The zero-order valence-electron chi connectivity index (χ0n) is 18.5. The topological polar surface area (TPSA) is 52.6 Å². The fourth-order valence-electron chi connectivity index (χ4n) is 7.80. The van der Waals surface area contributed by atoms with Crippen molar-refractivity contribution in [3.8, 4) is 0 Å². The molecule has 164 valence electrons. The van der Waals surface area contributed by atoms with Crippen molar-refractivity contribution in [1.82, 2.24) is 10.2 Å². The molecule has 4 nitrogen and oxygen atoms in total. The highest BCUT2D eigenvalue weighted by molar-refractivity contribution is 5.83. The summed E-state index contributed by atoms with van der Waals surface area (Å²) in [7, 11) is 0. The number of carbonyl (C=O) groups is 1. The Kier molecular flexibility index (Phi) is 5.22. The Morgan fingerprint density at radius 2 is 1.87 bits per heavy atom. The molecule has 1 saturated heterocycles. The van der Waals surface area contributed by atoms with Crippen LogP contribution in [-0.2, 0) is 11.2 Å². The lowest BCUT2D eigenvalue weighted by Crippen LogP contribution is -2.64. The maximum absolute atomic E-state index is 13.5. The van der Waals surface area contributed by atoms with E-state index in [9.17, 15) is 9.90 Å². The van der Waals surface area contributed by atoms with E-state index in [1.807, 2.05) is 0 Å². The quantitative estimate of drug-likeness (QED) is 0.747. The molecule has 0 spiro atoms. The number of piperidine rings is 1. The molecule has 4 bridgehead atoms. The van der Waals surface area contributed by atoms with Gasteiger partial charge in [0.25, 0.3) is 0 Å². The number of likely N-dealkylation sites (tertiary alicyclic amines) is 1. The average Bonchev–Trinajstić information content (AvgIpc) is 2.72. The summed E-state index contributed by atoms with van der Waals surface area (Å²) in [4.78, 5) is 16.1. The Balaban J connectivity index is 1.16. The van der Waals surface area contributed by atoms with Gasteiger partial charge in [-0.3, -0.25) is 4.79 Å². The fraction of sp³-hybridized carbons (Fsp3) is 0.731. The summed E-state index contributed by atoms with van der Waals surface area (Å²) in [5, 5.41) is 14.7. The molecule has 5 fully saturated rings. The van der Waals surface area contributed by atoms with E-state index in [2.05, 4.69) is 47.5 Å². The number of rotatable bonds is 6. The number of nitrogens with zero attached hydrogens (tertiary/aromatic N) is 1. The highest BCUT2D eigenvalue weighted by Gasteiger charge is 2.64. The summed E-state index contributed by atoms with van der Waals surface area (Å²) in [5.41, 5.74) is 0.701. The van der Waals surface area contributed by atoms with Crippen LogP contribution in [-0.4, -0.2) is 47.2 Å². The molecule has 2 N–H and O–H groups in total. The molecule has 4 atom stereocenters. The van der Waals surface area contributed by atoms with Crippen molar-refractivity contribution in [2.75, 3.05) is 19.6 Å². The van der Waals surface area contributed by atoms with Crippen molar-refractivity contribution in [2.45, 2.75) is 82.8 Å². The van der Waals surface area contributed by atoms with Gasteiger partial charge in [-0.15, -0.1) is 0 Å². The van der Waals surface area contributed by atoms with E-state index in [0.29, 0.717) is 18.4 Å². The van der Waals surface area contributed by atoms with Gasteiger partial charge in [0, 0.05) is 25.7 Å². The predicted octanol–water partition coefficient (Wildman–Crippen LogP) is 3.92. The third kappa shape index (κ3) is 3.82. The third-order valence-corrected chi connectivity index (χ3v) is 8.87. The van der Waals surface area contributed by atoms with Gasteiger partial charge in [-0.25, -0.2) is 0 Å². The highest BCUT2D eigenvalue weighted by atomic mass is 16.3. The predicted molar refractivity (Wildman–Crippen MR) is 119 cm³/mol. The van der Waals surface area contributed by atoms with Gasteiger partial charge in [0.1, 0.15) is 0 Å². The van der Waals surface area contributed by atoms with Gasteiger partial charge in [-0.05, 0) is 74.7 Å². The Morgan fingerprint density at radius 3 is 2.57 bits per heavy atom. The Hall–Kier alpha value is -1.39. The molecule has 1 heterocycles. The van der Waals surface area contributed by atoms with E-state index in [0.717, 1.165) is 71.0 Å². The minimum absolute atomic E-state index is 0.201. The lowest BCUT2D eigenvalue weighted by molar-refractivity contribution is -0.204. The van der Waals surface area contributed by atoms with E-state index in [4.69, 9.17) is 0 Å². The number of hydrogen-bond acceptors (Lipinski definition) is 3. The second kappa shape index (κ2) is 7.63. The van der Waals surface area contributed by atoms with E-state index >= 15 is 0 Å². The van der Waals surface area contributed by atoms with Gasteiger partial charge in [-0.2, -0.15) is 0 Å². The Bertz CT molecular complexity index is 774. The largest absolute Gasteiger partial charge is 0.390 e. The molecule has 1 amide bonds. The summed E-state index contributed by atoms with van der Waals surface area (Å²) in [6.45, 7) is 5.49. The van der Waals surface area contributed by atoms with E-state index in [1.165, 1.54) is 12.0 Å². The van der Waals surface area contributed by atoms with Crippen molar-refractivity contribution in [1.29, 1.82) is 0 Å². The number of carbonyl (C=O) groups excluding carboxylic acids is 1. The first-order valence-electron chi connectivity index (χ1n) is 12.2. The molecular weight excluding hydrogens is 372 g/mol. The van der Waals surface area contributed by atoms with Crippen LogP contribution in [0.1, 0.15) is 70.3 Å². The van der Waals surface area contributed by atoms with Gasteiger partial charge in [0.15, 0.2) is 0 Å². The van der Waals surface area contributed by atoms with E-state index in [1.54, 1.807) is 0 Å².